The standard InChI is InChI=1S/C15H20ClNO3/c1-4-20-15(19)10-17(11(2)3)14(18)9-12-6-5-7-13(16)8-12/h5-8,11H,4,9-10H2,1-3H3. The van der Waals surface area contributed by atoms with E-state index < -0.39 is 0 Å². The minimum Gasteiger partial charge on any atom is -0.465 e. The van der Waals surface area contributed by atoms with Gasteiger partial charge in [0, 0.05) is 11.1 Å². The highest BCUT2D eigenvalue weighted by molar-refractivity contribution is 6.30. The molecule has 110 valence electrons. The number of hydrogen-bond donors (Lipinski definition) is 0. The second-order valence-corrected chi connectivity index (χ2v) is 5.16. The molecule has 0 aliphatic heterocycles. The Labute approximate surface area is 124 Å². The van der Waals surface area contributed by atoms with Gasteiger partial charge in [0.2, 0.25) is 5.91 Å². The maximum atomic E-state index is 12.3. The fraction of sp³-hybridized carbons (Fsp3) is 0.467. The van der Waals surface area contributed by atoms with E-state index in [1.807, 2.05) is 19.9 Å². The largest absolute Gasteiger partial charge is 0.465 e. The smallest absolute Gasteiger partial charge is 0.325 e. The summed E-state index contributed by atoms with van der Waals surface area (Å²) in [5.74, 6) is -0.504. The van der Waals surface area contributed by atoms with Crippen LogP contribution in [0, 0.1) is 0 Å². The van der Waals surface area contributed by atoms with Crippen LogP contribution >= 0.6 is 11.6 Å². The Kier molecular flexibility index (Phi) is 6.52. The van der Waals surface area contributed by atoms with Crippen molar-refractivity contribution in [1.29, 1.82) is 0 Å². The Balaban J connectivity index is 2.71. The van der Waals surface area contributed by atoms with Crippen molar-refractivity contribution in [3.8, 4) is 0 Å². The van der Waals surface area contributed by atoms with Gasteiger partial charge in [0.15, 0.2) is 0 Å². The first-order valence-electron chi connectivity index (χ1n) is 6.63. The Bertz CT molecular complexity index is 474. The van der Waals surface area contributed by atoms with E-state index in [1.165, 1.54) is 4.90 Å². The molecule has 0 N–H and O–H groups in total. The van der Waals surface area contributed by atoms with Crippen LogP contribution in [0.3, 0.4) is 0 Å². The Morgan fingerprint density at radius 2 is 2.05 bits per heavy atom. The summed E-state index contributed by atoms with van der Waals surface area (Å²) in [7, 11) is 0. The van der Waals surface area contributed by atoms with Gasteiger partial charge < -0.3 is 9.64 Å². The highest BCUT2D eigenvalue weighted by Crippen LogP contribution is 2.13. The number of esters is 1. The lowest BCUT2D eigenvalue weighted by Gasteiger charge is -2.25. The normalized spacial score (nSPS) is 10.4. The summed E-state index contributed by atoms with van der Waals surface area (Å²) >= 11 is 5.90. The molecule has 0 spiro atoms. The summed E-state index contributed by atoms with van der Waals surface area (Å²) in [5.41, 5.74) is 0.831. The molecule has 0 aliphatic rings. The van der Waals surface area contributed by atoms with E-state index in [-0.39, 0.29) is 30.9 Å². The van der Waals surface area contributed by atoms with Crippen LogP contribution in [0.2, 0.25) is 5.02 Å². The topological polar surface area (TPSA) is 46.6 Å². The first-order valence-corrected chi connectivity index (χ1v) is 7.01. The highest BCUT2D eigenvalue weighted by Gasteiger charge is 2.20. The van der Waals surface area contributed by atoms with Gasteiger partial charge in [0.05, 0.1) is 13.0 Å². The van der Waals surface area contributed by atoms with Gasteiger partial charge in [-0.1, -0.05) is 23.7 Å². The lowest BCUT2D eigenvalue weighted by molar-refractivity contribution is -0.149. The summed E-state index contributed by atoms with van der Waals surface area (Å²) in [5, 5.41) is 0.594. The summed E-state index contributed by atoms with van der Waals surface area (Å²) in [6.07, 6.45) is 0.220. The van der Waals surface area contributed by atoms with E-state index in [0.717, 1.165) is 5.56 Å². The van der Waals surface area contributed by atoms with Gasteiger partial charge in [-0.3, -0.25) is 9.59 Å². The number of benzene rings is 1. The summed E-state index contributed by atoms with van der Waals surface area (Å²) < 4.78 is 4.89. The van der Waals surface area contributed by atoms with Gasteiger partial charge in [-0.15, -0.1) is 0 Å². The number of hydrogen-bond acceptors (Lipinski definition) is 3. The Morgan fingerprint density at radius 3 is 2.60 bits per heavy atom. The van der Waals surface area contributed by atoms with Gasteiger partial charge in [0.1, 0.15) is 6.54 Å². The lowest BCUT2D eigenvalue weighted by Crippen LogP contribution is -2.42. The van der Waals surface area contributed by atoms with Gasteiger partial charge >= 0.3 is 5.97 Å². The van der Waals surface area contributed by atoms with Gasteiger partial charge in [0.25, 0.3) is 0 Å². The molecule has 0 aliphatic carbocycles. The van der Waals surface area contributed by atoms with Gasteiger partial charge in [-0.25, -0.2) is 0 Å². The lowest BCUT2D eigenvalue weighted by atomic mass is 10.1. The quantitative estimate of drug-likeness (QED) is 0.759. The van der Waals surface area contributed by atoms with Crippen LogP contribution < -0.4 is 0 Å². The van der Waals surface area contributed by atoms with Crippen molar-refractivity contribution in [3.63, 3.8) is 0 Å². The fourth-order valence-electron chi connectivity index (χ4n) is 1.83. The van der Waals surface area contributed by atoms with Crippen LogP contribution in [0.4, 0.5) is 0 Å². The predicted octanol–water partition coefficient (Wildman–Crippen LogP) is 2.68. The molecule has 0 atom stereocenters. The van der Waals surface area contributed by atoms with Crippen molar-refractivity contribution in [2.24, 2.45) is 0 Å². The molecule has 1 amide bonds. The molecule has 0 bridgehead atoms. The molecule has 0 radical (unpaired) electrons. The van der Waals surface area contributed by atoms with Crippen LogP contribution in [0.25, 0.3) is 0 Å². The van der Waals surface area contributed by atoms with Crippen molar-refractivity contribution in [3.05, 3.63) is 34.9 Å². The van der Waals surface area contributed by atoms with Crippen LogP contribution in [0.15, 0.2) is 24.3 Å². The minimum absolute atomic E-state index is 0.0229. The molecule has 0 heterocycles. The van der Waals surface area contributed by atoms with Crippen LogP contribution in [-0.2, 0) is 20.7 Å². The number of carbonyl (C=O) groups is 2. The fourth-order valence-corrected chi connectivity index (χ4v) is 2.04. The third-order valence-electron chi connectivity index (χ3n) is 2.79. The van der Waals surface area contributed by atoms with Crippen LogP contribution in [0.5, 0.6) is 0 Å². The number of halogens is 1. The Morgan fingerprint density at radius 1 is 1.35 bits per heavy atom. The summed E-state index contributed by atoms with van der Waals surface area (Å²) in [6.45, 7) is 5.77. The molecular formula is C15H20ClNO3. The summed E-state index contributed by atoms with van der Waals surface area (Å²) in [6, 6.07) is 7.09. The van der Waals surface area contributed by atoms with Gasteiger partial charge in [-0.05, 0) is 38.5 Å². The monoisotopic (exact) mass is 297 g/mol. The van der Waals surface area contributed by atoms with Crippen molar-refractivity contribution >= 4 is 23.5 Å². The maximum absolute atomic E-state index is 12.3. The van der Waals surface area contributed by atoms with Crippen LogP contribution in [0.1, 0.15) is 26.3 Å². The molecule has 1 aromatic carbocycles. The Hall–Kier alpha value is -1.55. The maximum Gasteiger partial charge on any atom is 0.325 e. The average molecular weight is 298 g/mol. The second-order valence-electron chi connectivity index (χ2n) is 4.73. The molecule has 0 fully saturated rings. The number of rotatable bonds is 6. The first-order chi connectivity index (χ1) is 9.43. The molecule has 1 aromatic rings. The zero-order valence-electron chi connectivity index (χ0n) is 12.1. The molecule has 5 heteroatoms. The van der Waals surface area contributed by atoms with Crippen molar-refractivity contribution in [1.82, 2.24) is 4.90 Å². The van der Waals surface area contributed by atoms with Gasteiger partial charge in [-0.2, -0.15) is 0 Å². The van der Waals surface area contributed by atoms with E-state index >= 15 is 0 Å². The summed E-state index contributed by atoms with van der Waals surface area (Å²) in [4.78, 5) is 25.3. The minimum atomic E-state index is -0.388. The third kappa shape index (κ3) is 5.21. The van der Waals surface area contributed by atoms with E-state index in [4.69, 9.17) is 16.3 Å². The first kappa shape index (κ1) is 16.5. The predicted molar refractivity (Wildman–Crippen MR) is 78.6 cm³/mol. The van der Waals surface area contributed by atoms with Crippen molar-refractivity contribution in [2.45, 2.75) is 33.2 Å². The molecule has 0 saturated heterocycles. The zero-order chi connectivity index (χ0) is 15.1. The van der Waals surface area contributed by atoms with Crippen molar-refractivity contribution in [2.75, 3.05) is 13.2 Å². The third-order valence-corrected chi connectivity index (χ3v) is 3.03. The number of amides is 1. The van der Waals surface area contributed by atoms with Crippen molar-refractivity contribution < 1.29 is 14.3 Å². The van der Waals surface area contributed by atoms with Crippen LogP contribution in [-0.4, -0.2) is 36.0 Å². The number of carbonyl (C=O) groups excluding carboxylic acids is 2. The second kappa shape index (κ2) is 7.90. The van der Waals surface area contributed by atoms with E-state index in [9.17, 15) is 9.59 Å². The van der Waals surface area contributed by atoms with E-state index in [2.05, 4.69) is 0 Å². The molecular weight excluding hydrogens is 278 g/mol. The molecule has 0 aromatic heterocycles. The van der Waals surface area contributed by atoms with E-state index in [0.29, 0.717) is 11.6 Å². The zero-order valence-corrected chi connectivity index (χ0v) is 12.8. The molecule has 1 rings (SSSR count). The number of nitrogens with zero attached hydrogens (tertiary/aromatic N) is 1. The molecule has 20 heavy (non-hydrogen) atoms. The highest BCUT2D eigenvalue weighted by atomic mass is 35.5. The molecule has 0 saturated carbocycles. The van der Waals surface area contributed by atoms with E-state index in [1.54, 1.807) is 25.1 Å². The molecule has 4 nitrogen and oxygen atoms in total. The SMILES string of the molecule is CCOC(=O)CN(C(=O)Cc1cccc(Cl)c1)C(C)C. The average Bonchev–Trinajstić information content (AvgIpc) is 2.35. The molecule has 0 unspecified atom stereocenters. The number of ether oxygens (including phenoxy) is 1.